The van der Waals surface area contributed by atoms with E-state index < -0.39 is 5.97 Å². The average molecular weight is 140 g/mol. The number of nitrogens with zero attached hydrogens (tertiary/aromatic N) is 3. The summed E-state index contributed by atoms with van der Waals surface area (Å²) >= 11 is 0. The fourth-order valence-corrected chi connectivity index (χ4v) is 0.879. The first-order chi connectivity index (χ1) is 4.75. The third-order valence-electron chi connectivity index (χ3n) is 1.60. The lowest BCUT2D eigenvalue weighted by molar-refractivity contribution is -0.308. The van der Waals surface area contributed by atoms with E-state index >= 15 is 0 Å². The summed E-state index contributed by atoms with van der Waals surface area (Å²) in [5.74, 6) is -1.37. The Morgan fingerprint density at radius 3 is 3.00 bits per heavy atom. The zero-order valence-corrected chi connectivity index (χ0v) is 5.23. The van der Waals surface area contributed by atoms with E-state index in [1.165, 1.54) is 0 Å². The molecule has 1 aliphatic carbocycles. The average Bonchev–Trinajstić information content (AvgIpc) is 2.62. The molecule has 1 aliphatic rings. The highest BCUT2D eigenvalue weighted by Gasteiger charge is 2.37. The van der Waals surface area contributed by atoms with Crippen LogP contribution in [0.5, 0.6) is 0 Å². The molecule has 1 saturated carbocycles. The summed E-state index contributed by atoms with van der Waals surface area (Å²) in [6.45, 7) is 0.287. The summed E-state index contributed by atoms with van der Waals surface area (Å²) in [7, 11) is 0. The van der Waals surface area contributed by atoms with E-state index in [4.69, 9.17) is 5.53 Å². The summed E-state index contributed by atoms with van der Waals surface area (Å²) in [5, 5.41) is 13.3. The molecular formula is C5H6N3O2-. The minimum Gasteiger partial charge on any atom is -0.550 e. The van der Waals surface area contributed by atoms with Gasteiger partial charge in [-0.2, -0.15) is 0 Å². The van der Waals surface area contributed by atoms with Gasteiger partial charge in [-0.15, -0.1) is 0 Å². The zero-order valence-electron chi connectivity index (χ0n) is 5.23. The summed E-state index contributed by atoms with van der Waals surface area (Å²) in [6, 6.07) is 0. The van der Waals surface area contributed by atoms with Crippen molar-refractivity contribution in [1.29, 1.82) is 0 Å². The number of carbonyl (C=O) groups excluding carboxylic acids is 1. The van der Waals surface area contributed by atoms with Crippen molar-refractivity contribution in [3.05, 3.63) is 10.4 Å². The van der Waals surface area contributed by atoms with Crippen molar-refractivity contribution in [1.82, 2.24) is 0 Å². The first-order valence-corrected chi connectivity index (χ1v) is 2.97. The molecule has 1 rings (SSSR count). The van der Waals surface area contributed by atoms with Crippen LogP contribution in [-0.4, -0.2) is 12.5 Å². The lowest BCUT2D eigenvalue weighted by atomic mass is 10.3. The van der Waals surface area contributed by atoms with Crippen LogP contribution in [0, 0.1) is 11.8 Å². The molecule has 54 valence electrons. The standard InChI is InChI=1S/C5H7N3O2/c6-8-7-2-3-1-4(3)5(9)10/h3-4H,1-2H2,(H,9,10)/p-1. The Hall–Kier alpha value is -1.22. The zero-order chi connectivity index (χ0) is 7.56. The first-order valence-electron chi connectivity index (χ1n) is 2.97. The molecule has 0 saturated heterocycles. The second kappa shape index (κ2) is 2.58. The molecule has 1 fully saturated rings. The molecule has 0 radical (unpaired) electrons. The molecule has 0 aromatic heterocycles. The smallest absolute Gasteiger partial charge is 0.0448 e. The van der Waals surface area contributed by atoms with Crippen LogP contribution in [0.3, 0.4) is 0 Å². The van der Waals surface area contributed by atoms with Crippen molar-refractivity contribution in [3.63, 3.8) is 0 Å². The van der Waals surface area contributed by atoms with Crippen molar-refractivity contribution < 1.29 is 9.90 Å². The minimum absolute atomic E-state index is 0.0286. The van der Waals surface area contributed by atoms with Crippen molar-refractivity contribution in [2.75, 3.05) is 6.54 Å². The molecule has 0 amide bonds. The molecule has 2 unspecified atom stereocenters. The van der Waals surface area contributed by atoms with Gasteiger partial charge in [-0.1, -0.05) is 5.11 Å². The topological polar surface area (TPSA) is 88.9 Å². The molecule has 10 heavy (non-hydrogen) atoms. The highest BCUT2D eigenvalue weighted by atomic mass is 16.4. The van der Waals surface area contributed by atoms with Crippen LogP contribution in [0.25, 0.3) is 10.4 Å². The molecule has 5 nitrogen and oxygen atoms in total. The van der Waals surface area contributed by atoms with Crippen molar-refractivity contribution in [2.45, 2.75) is 6.42 Å². The Balaban J connectivity index is 2.25. The quantitative estimate of drug-likeness (QED) is 0.305. The van der Waals surface area contributed by atoms with E-state index in [2.05, 4.69) is 10.0 Å². The number of hydrogen-bond acceptors (Lipinski definition) is 3. The van der Waals surface area contributed by atoms with Crippen LogP contribution in [0.1, 0.15) is 6.42 Å². The van der Waals surface area contributed by atoms with Crippen LogP contribution >= 0.6 is 0 Å². The molecule has 5 heteroatoms. The summed E-state index contributed by atoms with van der Waals surface area (Å²) in [4.78, 5) is 12.6. The number of rotatable bonds is 3. The van der Waals surface area contributed by atoms with Crippen LogP contribution in [0.15, 0.2) is 5.11 Å². The Bertz CT molecular complexity index is 197. The van der Waals surface area contributed by atoms with Crippen molar-refractivity contribution >= 4 is 5.97 Å². The molecule has 2 atom stereocenters. The van der Waals surface area contributed by atoms with Gasteiger partial charge in [0, 0.05) is 23.3 Å². The van der Waals surface area contributed by atoms with E-state index in [9.17, 15) is 9.90 Å². The maximum absolute atomic E-state index is 10.1. The fourth-order valence-electron chi connectivity index (χ4n) is 0.879. The molecule has 0 N–H and O–H groups in total. The molecule has 0 aliphatic heterocycles. The molecule has 0 bridgehead atoms. The van der Waals surface area contributed by atoms with E-state index in [1.807, 2.05) is 0 Å². The number of azide groups is 1. The van der Waals surface area contributed by atoms with E-state index in [0.717, 1.165) is 0 Å². The molecular weight excluding hydrogens is 134 g/mol. The van der Waals surface area contributed by atoms with Gasteiger partial charge in [0.05, 0.1) is 0 Å². The second-order valence-electron chi connectivity index (χ2n) is 2.33. The van der Waals surface area contributed by atoms with Gasteiger partial charge in [0.2, 0.25) is 0 Å². The van der Waals surface area contributed by atoms with Gasteiger partial charge in [0.1, 0.15) is 0 Å². The maximum Gasteiger partial charge on any atom is 0.0448 e. The Morgan fingerprint density at radius 2 is 2.60 bits per heavy atom. The molecule has 0 spiro atoms. The molecule has 0 heterocycles. The van der Waals surface area contributed by atoms with Gasteiger partial charge in [0.25, 0.3) is 0 Å². The van der Waals surface area contributed by atoms with Gasteiger partial charge >= 0.3 is 0 Å². The van der Waals surface area contributed by atoms with Crippen LogP contribution in [0.2, 0.25) is 0 Å². The van der Waals surface area contributed by atoms with Crippen molar-refractivity contribution in [3.8, 4) is 0 Å². The second-order valence-corrected chi connectivity index (χ2v) is 2.33. The van der Waals surface area contributed by atoms with Gasteiger partial charge in [-0.3, -0.25) is 0 Å². The Kier molecular flexibility index (Phi) is 1.78. The predicted molar refractivity (Wildman–Crippen MR) is 30.6 cm³/mol. The lowest BCUT2D eigenvalue weighted by Crippen LogP contribution is -2.25. The number of hydrogen-bond donors (Lipinski definition) is 0. The highest BCUT2D eigenvalue weighted by Crippen LogP contribution is 2.37. The van der Waals surface area contributed by atoms with Crippen molar-refractivity contribution in [2.24, 2.45) is 17.0 Å². The largest absolute Gasteiger partial charge is 0.550 e. The van der Waals surface area contributed by atoms with Crippen LogP contribution in [0.4, 0.5) is 0 Å². The van der Waals surface area contributed by atoms with Gasteiger partial charge in [0.15, 0.2) is 0 Å². The number of carbonyl (C=O) groups is 1. The number of aliphatic carboxylic acids is 1. The SMILES string of the molecule is [N-]=[N+]=NCC1CC1C(=O)[O-]. The third-order valence-corrected chi connectivity index (χ3v) is 1.60. The monoisotopic (exact) mass is 140 g/mol. The molecule has 0 aromatic carbocycles. The fraction of sp³-hybridized carbons (Fsp3) is 0.800. The first kappa shape index (κ1) is 6.89. The van der Waals surface area contributed by atoms with E-state index in [1.54, 1.807) is 0 Å². The third kappa shape index (κ3) is 1.39. The van der Waals surface area contributed by atoms with E-state index in [0.29, 0.717) is 6.42 Å². The summed E-state index contributed by atoms with van der Waals surface area (Å²) in [5.41, 5.74) is 7.86. The highest BCUT2D eigenvalue weighted by molar-refractivity contribution is 5.71. The maximum atomic E-state index is 10.1. The lowest BCUT2D eigenvalue weighted by Gasteiger charge is -1.95. The Labute approximate surface area is 57.3 Å². The van der Waals surface area contributed by atoms with Gasteiger partial charge < -0.3 is 9.90 Å². The molecule has 0 aromatic rings. The predicted octanol–water partition coefficient (Wildman–Crippen LogP) is -0.317. The number of carboxylic acids is 1. The van der Waals surface area contributed by atoms with Crippen LogP contribution in [-0.2, 0) is 4.79 Å². The van der Waals surface area contributed by atoms with E-state index in [-0.39, 0.29) is 18.4 Å². The summed E-state index contributed by atoms with van der Waals surface area (Å²) in [6.07, 6.45) is 0.599. The normalized spacial score (nSPS) is 28.8. The number of carboxylic acid groups (broad SMARTS) is 1. The Morgan fingerprint density at radius 1 is 1.90 bits per heavy atom. The summed E-state index contributed by atoms with van der Waals surface area (Å²) < 4.78 is 0. The van der Waals surface area contributed by atoms with Gasteiger partial charge in [-0.25, -0.2) is 0 Å². The minimum atomic E-state index is -1.03. The van der Waals surface area contributed by atoms with Crippen LogP contribution < -0.4 is 5.11 Å². The van der Waals surface area contributed by atoms with Gasteiger partial charge in [-0.05, 0) is 17.9 Å².